The first-order chi connectivity index (χ1) is 9.73. The van der Waals surface area contributed by atoms with Crippen LogP contribution in [0.25, 0.3) is 0 Å². The van der Waals surface area contributed by atoms with Crippen LogP contribution in [0.2, 0.25) is 0 Å². The second-order valence-corrected chi connectivity index (χ2v) is 7.68. The summed E-state index contributed by atoms with van der Waals surface area (Å²) in [6.45, 7) is 9.85. The van der Waals surface area contributed by atoms with Gasteiger partial charge in [-0.3, -0.25) is 4.21 Å². The van der Waals surface area contributed by atoms with Crippen molar-refractivity contribution in [3.05, 3.63) is 18.2 Å². The zero-order valence-electron chi connectivity index (χ0n) is 13.4. The van der Waals surface area contributed by atoms with E-state index >= 15 is 0 Å². The number of nitrogens with one attached hydrogen (secondary N) is 1. The molecule has 1 aromatic rings. The van der Waals surface area contributed by atoms with E-state index in [-0.39, 0.29) is 6.04 Å². The van der Waals surface area contributed by atoms with Gasteiger partial charge in [-0.15, -0.1) is 0 Å². The minimum atomic E-state index is -0.818. The van der Waals surface area contributed by atoms with Crippen LogP contribution in [-0.2, 0) is 22.1 Å². The number of aromatic nitrogens is 2. The number of amides is 1. The van der Waals surface area contributed by atoms with E-state index in [4.69, 9.17) is 4.74 Å². The Kier molecular flexibility index (Phi) is 6.39. The van der Waals surface area contributed by atoms with Gasteiger partial charge < -0.3 is 14.6 Å². The number of carbonyl (C=O) groups is 1. The summed E-state index contributed by atoms with van der Waals surface area (Å²) in [5, 5.41) is 2.78. The van der Waals surface area contributed by atoms with Crippen molar-refractivity contribution in [2.45, 2.75) is 52.8 Å². The fraction of sp³-hybridized carbons (Fsp3) is 0.714. The van der Waals surface area contributed by atoms with Crippen LogP contribution in [0.15, 0.2) is 12.5 Å². The molecule has 1 amide bonds. The highest BCUT2D eigenvalue weighted by Crippen LogP contribution is 2.14. The summed E-state index contributed by atoms with van der Waals surface area (Å²) >= 11 is 0. The molecule has 0 aliphatic heterocycles. The third-order valence-corrected chi connectivity index (χ3v) is 4.09. The molecule has 1 unspecified atom stereocenters. The molecule has 21 heavy (non-hydrogen) atoms. The van der Waals surface area contributed by atoms with Crippen LogP contribution in [-0.4, -0.2) is 37.0 Å². The van der Waals surface area contributed by atoms with Crippen molar-refractivity contribution in [1.29, 1.82) is 0 Å². The summed E-state index contributed by atoms with van der Waals surface area (Å²) in [7, 11) is -0.818. The van der Waals surface area contributed by atoms with Crippen LogP contribution in [0, 0.1) is 0 Å². The molecule has 7 heteroatoms. The van der Waals surface area contributed by atoms with Crippen molar-refractivity contribution in [3.8, 4) is 0 Å². The second-order valence-electron chi connectivity index (χ2n) is 5.81. The van der Waals surface area contributed by atoms with E-state index in [0.717, 1.165) is 5.69 Å². The second kappa shape index (κ2) is 7.59. The minimum absolute atomic E-state index is 0.225. The first-order valence-electron chi connectivity index (χ1n) is 7.07. The average Bonchev–Trinajstić information content (AvgIpc) is 2.81. The van der Waals surface area contributed by atoms with Crippen LogP contribution in [0.4, 0.5) is 4.79 Å². The van der Waals surface area contributed by atoms with Crippen LogP contribution in [0.3, 0.4) is 0 Å². The Bertz CT molecular complexity index is 494. The molecule has 1 aromatic heterocycles. The van der Waals surface area contributed by atoms with Gasteiger partial charge in [0.25, 0.3) is 0 Å². The lowest BCUT2D eigenvalue weighted by molar-refractivity contribution is 0.0506. The minimum Gasteiger partial charge on any atom is -0.444 e. The van der Waals surface area contributed by atoms with Crippen LogP contribution in [0.5, 0.6) is 0 Å². The molecule has 1 N–H and O–H groups in total. The Morgan fingerprint density at radius 1 is 1.52 bits per heavy atom. The molecule has 0 radical (unpaired) electrons. The van der Waals surface area contributed by atoms with E-state index in [2.05, 4.69) is 10.3 Å². The van der Waals surface area contributed by atoms with Gasteiger partial charge in [0.1, 0.15) is 5.60 Å². The lowest BCUT2D eigenvalue weighted by atomic mass is 10.2. The van der Waals surface area contributed by atoms with Crippen molar-refractivity contribution >= 4 is 16.9 Å². The van der Waals surface area contributed by atoms with E-state index in [1.165, 1.54) is 0 Å². The summed E-state index contributed by atoms with van der Waals surface area (Å²) in [5.41, 5.74) is 0.344. The van der Waals surface area contributed by atoms with E-state index in [9.17, 15) is 9.00 Å². The molecule has 1 rings (SSSR count). The first kappa shape index (κ1) is 17.7. The molecule has 0 fully saturated rings. The third-order valence-electron chi connectivity index (χ3n) is 2.80. The topological polar surface area (TPSA) is 73.2 Å². The molecule has 0 spiro atoms. The highest BCUT2D eigenvalue weighted by Gasteiger charge is 2.19. The van der Waals surface area contributed by atoms with Gasteiger partial charge in [0.15, 0.2) is 0 Å². The standard InChI is InChI=1S/C14H25N3O3S/c1-6-21(19)8-7-17-10-15-9-12(17)11(2)16-13(18)20-14(3,4)5/h9-11H,6-8H2,1-5H3,(H,16,18)/t11-,21?/m0/s1. The summed E-state index contributed by atoms with van der Waals surface area (Å²) < 4.78 is 18.7. The maximum absolute atomic E-state index is 11.8. The van der Waals surface area contributed by atoms with Crippen molar-refractivity contribution in [1.82, 2.24) is 14.9 Å². The zero-order valence-corrected chi connectivity index (χ0v) is 14.2. The molecule has 2 atom stereocenters. The van der Waals surface area contributed by atoms with E-state index < -0.39 is 22.5 Å². The number of hydrogen-bond acceptors (Lipinski definition) is 4. The summed E-state index contributed by atoms with van der Waals surface area (Å²) in [4.78, 5) is 15.9. The van der Waals surface area contributed by atoms with E-state index in [1.54, 1.807) is 12.5 Å². The monoisotopic (exact) mass is 315 g/mol. The van der Waals surface area contributed by atoms with E-state index in [0.29, 0.717) is 18.1 Å². The predicted octanol–water partition coefficient (Wildman–Crippen LogP) is 2.24. The van der Waals surface area contributed by atoms with Gasteiger partial charge in [0.05, 0.1) is 24.3 Å². The Balaban J connectivity index is 2.62. The molecule has 0 bridgehead atoms. The molecule has 6 nitrogen and oxygen atoms in total. The van der Waals surface area contributed by atoms with Crippen molar-refractivity contribution < 1.29 is 13.7 Å². The maximum atomic E-state index is 11.8. The maximum Gasteiger partial charge on any atom is 0.408 e. The Morgan fingerprint density at radius 3 is 2.76 bits per heavy atom. The predicted molar refractivity (Wildman–Crippen MR) is 83.6 cm³/mol. The SMILES string of the molecule is CCS(=O)CCn1cncc1[C@H](C)NC(=O)OC(C)(C)C. The third kappa shape index (κ3) is 6.29. The number of nitrogens with zero attached hydrogens (tertiary/aromatic N) is 2. The highest BCUT2D eigenvalue weighted by atomic mass is 32.2. The number of alkyl carbamates (subject to hydrolysis) is 1. The fourth-order valence-corrected chi connectivity index (χ4v) is 2.47. The van der Waals surface area contributed by atoms with Gasteiger partial charge in [-0.05, 0) is 27.7 Å². The van der Waals surface area contributed by atoms with Gasteiger partial charge in [-0.25, -0.2) is 9.78 Å². The molecule has 1 heterocycles. The number of carbonyl (C=O) groups excluding carboxylic acids is 1. The Hall–Kier alpha value is -1.37. The van der Waals surface area contributed by atoms with Crippen LogP contribution >= 0.6 is 0 Å². The lowest BCUT2D eigenvalue weighted by Crippen LogP contribution is -2.34. The molecular weight excluding hydrogens is 290 g/mol. The largest absolute Gasteiger partial charge is 0.444 e. The first-order valence-corrected chi connectivity index (χ1v) is 8.56. The zero-order chi connectivity index (χ0) is 16.0. The Morgan fingerprint density at radius 2 is 2.19 bits per heavy atom. The molecule has 0 saturated carbocycles. The number of ether oxygens (including phenoxy) is 1. The van der Waals surface area contributed by atoms with Crippen LogP contribution < -0.4 is 5.32 Å². The van der Waals surface area contributed by atoms with E-state index in [1.807, 2.05) is 39.2 Å². The number of imidazole rings is 1. The smallest absolute Gasteiger partial charge is 0.408 e. The van der Waals surface area contributed by atoms with Crippen molar-refractivity contribution in [2.75, 3.05) is 11.5 Å². The highest BCUT2D eigenvalue weighted by molar-refractivity contribution is 7.84. The summed E-state index contributed by atoms with van der Waals surface area (Å²) in [6.07, 6.45) is 2.94. The number of hydrogen-bond donors (Lipinski definition) is 1. The lowest BCUT2D eigenvalue weighted by Gasteiger charge is -2.22. The summed E-state index contributed by atoms with van der Waals surface area (Å²) in [6, 6.07) is -0.225. The van der Waals surface area contributed by atoms with Gasteiger partial charge in [-0.2, -0.15) is 0 Å². The molecule has 0 aliphatic carbocycles. The van der Waals surface area contributed by atoms with Gasteiger partial charge in [-0.1, -0.05) is 6.92 Å². The van der Waals surface area contributed by atoms with Gasteiger partial charge in [0.2, 0.25) is 0 Å². The van der Waals surface area contributed by atoms with Crippen LogP contribution in [0.1, 0.15) is 46.4 Å². The van der Waals surface area contributed by atoms with Gasteiger partial charge >= 0.3 is 6.09 Å². The number of rotatable bonds is 6. The molecule has 0 aliphatic rings. The average molecular weight is 315 g/mol. The van der Waals surface area contributed by atoms with Crippen molar-refractivity contribution in [3.63, 3.8) is 0 Å². The fourth-order valence-electron chi connectivity index (χ4n) is 1.78. The Labute approximate surface area is 128 Å². The molecule has 0 saturated heterocycles. The quantitative estimate of drug-likeness (QED) is 0.873. The molecule has 0 aromatic carbocycles. The number of aryl methyl sites for hydroxylation is 1. The molecule has 120 valence electrons. The summed E-state index contributed by atoms with van der Waals surface area (Å²) in [5.74, 6) is 1.23. The normalized spacial score (nSPS) is 14.5. The van der Waals surface area contributed by atoms with Crippen molar-refractivity contribution in [2.24, 2.45) is 0 Å². The molecular formula is C14H25N3O3S. The van der Waals surface area contributed by atoms with Gasteiger partial charge in [0, 0.05) is 28.9 Å².